The van der Waals surface area contributed by atoms with Crippen molar-refractivity contribution in [2.24, 2.45) is 0 Å². The SMILES string of the molecule is CCc1c(-c2ccccn2)cc(-n2c3ccccc3c3ccccc32)cc1-n1c2ccccc2c2ccccc21. The summed E-state index contributed by atoms with van der Waals surface area (Å²) in [6.45, 7) is 2.25. The molecular weight excluding hydrogens is 486 g/mol. The summed E-state index contributed by atoms with van der Waals surface area (Å²) < 4.78 is 4.86. The molecule has 8 rings (SSSR count). The molecule has 0 aliphatic carbocycles. The lowest BCUT2D eigenvalue weighted by Crippen LogP contribution is -2.05. The summed E-state index contributed by atoms with van der Waals surface area (Å²) in [5.74, 6) is 0. The fraction of sp³-hybridized carbons (Fsp3) is 0.0541. The number of benzene rings is 5. The number of para-hydroxylation sites is 4. The van der Waals surface area contributed by atoms with Crippen molar-refractivity contribution in [3.63, 3.8) is 0 Å². The van der Waals surface area contributed by atoms with Gasteiger partial charge in [-0.05, 0) is 60.5 Å². The summed E-state index contributed by atoms with van der Waals surface area (Å²) in [6.07, 6.45) is 2.78. The first-order valence-electron chi connectivity index (χ1n) is 13.9. The highest BCUT2D eigenvalue weighted by Crippen LogP contribution is 2.39. The zero-order valence-corrected chi connectivity index (χ0v) is 22.3. The van der Waals surface area contributed by atoms with Gasteiger partial charge in [0.1, 0.15) is 0 Å². The average molecular weight is 514 g/mol. The molecule has 3 heteroatoms. The van der Waals surface area contributed by atoms with Crippen LogP contribution < -0.4 is 0 Å². The molecule has 5 aromatic carbocycles. The van der Waals surface area contributed by atoms with Crippen LogP contribution in [-0.2, 0) is 6.42 Å². The van der Waals surface area contributed by atoms with Crippen LogP contribution in [0.25, 0.3) is 66.2 Å². The Morgan fingerprint density at radius 1 is 0.525 bits per heavy atom. The highest BCUT2D eigenvalue weighted by molar-refractivity contribution is 6.10. The Labute approximate surface area is 232 Å². The van der Waals surface area contributed by atoms with Crippen LogP contribution in [0.3, 0.4) is 0 Å². The second-order valence-electron chi connectivity index (χ2n) is 10.3. The first kappa shape index (κ1) is 22.8. The normalized spacial score (nSPS) is 11.7. The van der Waals surface area contributed by atoms with Gasteiger partial charge in [0.25, 0.3) is 0 Å². The fourth-order valence-corrected chi connectivity index (χ4v) is 6.48. The van der Waals surface area contributed by atoms with Crippen LogP contribution in [0.1, 0.15) is 12.5 Å². The Balaban J connectivity index is 1.56. The van der Waals surface area contributed by atoms with Gasteiger partial charge in [-0.25, -0.2) is 0 Å². The third kappa shape index (κ3) is 3.28. The molecule has 0 N–H and O–H groups in total. The number of pyridine rings is 1. The predicted octanol–water partition coefficient (Wildman–Crippen LogP) is 9.51. The van der Waals surface area contributed by atoms with Gasteiger partial charge in [-0.15, -0.1) is 0 Å². The molecule has 3 nitrogen and oxygen atoms in total. The smallest absolute Gasteiger partial charge is 0.0706 e. The lowest BCUT2D eigenvalue weighted by atomic mass is 9.98. The molecule has 0 atom stereocenters. The van der Waals surface area contributed by atoms with Gasteiger partial charge in [0.2, 0.25) is 0 Å². The van der Waals surface area contributed by atoms with Gasteiger partial charge < -0.3 is 9.13 Å². The first-order chi connectivity index (χ1) is 19.8. The molecule has 190 valence electrons. The third-order valence-electron chi connectivity index (χ3n) is 8.16. The van der Waals surface area contributed by atoms with Crippen molar-refractivity contribution in [3.8, 4) is 22.6 Å². The quantitative estimate of drug-likeness (QED) is 0.230. The second kappa shape index (κ2) is 8.96. The standard InChI is InChI=1S/C37H27N3/c1-2-26-31(32-17-11-12-22-38-32)23-25(39-33-18-7-3-13-27(33)28-14-4-8-19-34(28)39)24-37(26)40-35-20-9-5-15-29(35)30-16-6-10-21-36(30)40/h3-24H,2H2,1H3. The molecule has 3 aromatic heterocycles. The highest BCUT2D eigenvalue weighted by Gasteiger charge is 2.20. The maximum atomic E-state index is 4.83. The molecule has 0 unspecified atom stereocenters. The maximum absolute atomic E-state index is 4.83. The largest absolute Gasteiger partial charge is 0.309 e. The van der Waals surface area contributed by atoms with Crippen molar-refractivity contribution >= 4 is 43.6 Å². The van der Waals surface area contributed by atoms with E-state index in [-0.39, 0.29) is 0 Å². The van der Waals surface area contributed by atoms with Crippen LogP contribution in [0, 0.1) is 0 Å². The van der Waals surface area contributed by atoms with Crippen molar-refractivity contribution in [2.75, 3.05) is 0 Å². The predicted molar refractivity (Wildman–Crippen MR) is 168 cm³/mol. The lowest BCUT2D eigenvalue weighted by molar-refractivity contribution is 1.05. The monoisotopic (exact) mass is 513 g/mol. The summed E-state index contributed by atoms with van der Waals surface area (Å²) in [5, 5.41) is 5.05. The Morgan fingerprint density at radius 3 is 1.48 bits per heavy atom. The van der Waals surface area contributed by atoms with Crippen LogP contribution in [0.4, 0.5) is 0 Å². The molecule has 3 heterocycles. The zero-order chi connectivity index (χ0) is 26.6. The molecule has 0 saturated carbocycles. The van der Waals surface area contributed by atoms with Crippen LogP contribution in [0.5, 0.6) is 0 Å². The van der Waals surface area contributed by atoms with Crippen molar-refractivity contribution in [3.05, 3.63) is 139 Å². The summed E-state index contributed by atoms with van der Waals surface area (Å²) >= 11 is 0. The van der Waals surface area contributed by atoms with E-state index in [9.17, 15) is 0 Å². The fourth-order valence-electron chi connectivity index (χ4n) is 6.48. The van der Waals surface area contributed by atoms with E-state index in [2.05, 4.69) is 137 Å². The first-order valence-corrected chi connectivity index (χ1v) is 13.9. The number of rotatable bonds is 4. The van der Waals surface area contributed by atoms with E-state index in [1.165, 1.54) is 60.4 Å². The van der Waals surface area contributed by atoms with Gasteiger partial charge in [0.15, 0.2) is 0 Å². The maximum Gasteiger partial charge on any atom is 0.0706 e. The Morgan fingerprint density at radius 2 is 1.00 bits per heavy atom. The van der Waals surface area contributed by atoms with Gasteiger partial charge in [-0.1, -0.05) is 85.8 Å². The molecule has 0 radical (unpaired) electrons. The summed E-state index contributed by atoms with van der Waals surface area (Å²) in [4.78, 5) is 4.83. The zero-order valence-electron chi connectivity index (χ0n) is 22.3. The number of hydrogen-bond donors (Lipinski definition) is 0. The van der Waals surface area contributed by atoms with E-state index in [0.29, 0.717) is 0 Å². The average Bonchev–Trinajstić information content (AvgIpc) is 3.54. The van der Waals surface area contributed by atoms with E-state index < -0.39 is 0 Å². The van der Waals surface area contributed by atoms with Crippen molar-refractivity contribution in [2.45, 2.75) is 13.3 Å². The van der Waals surface area contributed by atoms with Crippen LogP contribution in [-0.4, -0.2) is 14.1 Å². The number of nitrogens with zero attached hydrogens (tertiary/aromatic N) is 3. The molecule has 8 aromatic rings. The third-order valence-corrected chi connectivity index (χ3v) is 8.16. The van der Waals surface area contributed by atoms with Crippen LogP contribution in [0.2, 0.25) is 0 Å². The summed E-state index contributed by atoms with van der Waals surface area (Å²) in [7, 11) is 0. The molecule has 0 spiro atoms. The van der Waals surface area contributed by atoms with E-state index in [4.69, 9.17) is 4.98 Å². The Hall–Kier alpha value is -5.15. The molecule has 0 fully saturated rings. The molecule has 0 saturated heterocycles. The second-order valence-corrected chi connectivity index (χ2v) is 10.3. The van der Waals surface area contributed by atoms with Gasteiger partial charge in [0.05, 0.1) is 33.4 Å². The molecule has 40 heavy (non-hydrogen) atoms. The molecule has 0 amide bonds. The molecular formula is C37H27N3. The topological polar surface area (TPSA) is 22.8 Å². The van der Waals surface area contributed by atoms with Crippen molar-refractivity contribution in [1.82, 2.24) is 14.1 Å². The minimum Gasteiger partial charge on any atom is -0.309 e. The lowest BCUT2D eigenvalue weighted by Gasteiger charge is -2.20. The van der Waals surface area contributed by atoms with Crippen molar-refractivity contribution < 1.29 is 0 Å². The summed E-state index contributed by atoms with van der Waals surface area (Å²) in [5.41, 5.74) is 10.6. The van der Waals surface area contributed by atoms with Crippen LogP contribution in [0.15, 0.2) is 134 Å². The van der Waals surface area contributed by atoms with Gasteiger partial charge in [-0.2, -0.15) is 0 Å². The van der Waals surface area contributed by atoms with Gasteiger partial charge in [-0.3, -0.25) is 4.98 Å². The van der Waals surface area contributed by atoms with E-state index in [1.54, 1.807) is 0 Å². The molecule has 0 aliphatic rings. The highest BCUT2D eigenvalue weighted by atomic mass is 15.0. The molecule has 0 aliphatic heterocycles. The van der Waals surface area contributed by atoms with Gasteiger partial charge in [0, 0.05) is 39.0 Å². The minimum absolute atomic E-state index is 0.884. The Kier molecular flexibility index (Phi) is 5.11. The number of hydrogen-bond acceptors (Lipinski definition) is 1. The molecule has 0 bridgehead atoms. The Bertz CT molecular complexity index is 2090. The number of aromatic nitrogens is 3. The summed E-state index contributed by atoms with van der Waals surface area (Å²) in [6, 6.07) is 45.8. The van der Waals surface area contributed by atoms with Crippen LogP contribution >= 0.6 is 0 Å². The van der Waals surface area contributed by atoms with E-state index in [0.717, 1.165) is 17.8 Å². The van der Waals surface area contributed by atoms with Crippen molar-refractivity contribution in [1.29, 1.82) is 0 Å². The number of fused-ring (bicyclic) bond motifs is 6. The minimum atomic E-state index is 0.884. The van der Waals surface area contributed by atoms with E-state index in [1.807, 2.05) is 12.3 Å². The van der Waals surface area contributed by atoms with E-state index >= 15 is 0 Å². The van der Waals surface area contributed by atoms with Gasteiger partial charge >= 0.3 is 0 Å².